The van der Waals surface area contributed by atoms with Gasteiger partial charge in [-0.3, -0.25) is 15.0 Å². The lowest BCUT2D eigenvalue weighted by Gasteiger charge is -2.03. The van der Waals surface area contributed by atoms with Gasteiger partial charge in [-0.25, -0.2) is 0 Å². The molecule has 2 aromatic carbocycles. The molecule has 0 spiro atoms. The van der Waals surface area contributed by atoms with Crippen molar-refractivity contribution in [3.8, 4) is 0 Å². The monoisotopic (exact) mass is 369 g/mol. The Hall–Kier alpha value is -3.07. The van der Waals surface area contributed by atoms with Gasteiger partial charge in [-0.05, 0) is 74.2 Å². The molecule has 142 valence electrons. The Bertz CT molecular complexity index is 937. The van der Waals surface area contributed by atoms with E-state index in [1.807, 2.05) is 24.6 Å². The summed E-state index contributed by atoms with van der Waals surface area (Å²) < 4.78 is 0. The number of aryl methyl sites for hydroxylation is 4. The maximum atomic E-state index is 4.73. The van der Waals surface area contributed by atoms with Crippen molar-refractivity contribution in [2.45, 2.75) is 40.5 Å². The smallest absolute Gasteiger partial charge is 0.0657 e. The van der Waals surface area contributed by atoms with Crippen molar-refractivity contribution in [2.24, 2.45) is 9.98 Å². The molecule has 0 saturated heterocycles. The Morgan fingerprint density at radius 2 is 1.14 bits per heavy atom. The number of benzene rings is 2. The second-order valence-corrected chi connectivity index (χ2v) is 7.23. The lowest BCUT2D eigenvalue weighted by atomic mass is 10.1. The van der Waals surface area contributed by atoms with Crippen LogP contribution in [0.3, 0.4) is 0 Å². The number of aliphatic imine (C=N–C) groups is 2. The van der Waals surface area contributed by atoms with Crippen molar-refractivity contribution in [3.05, 3.63) is 88.2 Å². The van der Waals surface area contributed by atoms with Gasteiger partial charge in [0.05, 0.1) is 11.4 Å². The number of pyridine rings is 1. The van der Waals surface area contributed by atoms with E-state index >= 15 is 0 Å². The minimum atomic E-state index is 0.718. The average molecular weight is 370 g/mol. The lowest BCUT2D eigenvalue weighted by molar-refractivity contribution is 1.06. The summed E-state index contributed by atoms with van der Waals surface area (Å²) in [5, 5.41) is 0. The molecule has 0 amide bonds. The highest BCUT2D eigenvalue weighted by atomic mass is 14.8. The Kier molecular flexibility index (Phi) is 6.49. The standard InChI is InChI=1S/C25H27N3/c1-18-8-10-20(3)24(16-18)26-14-12-22-6-5-7-23(28-22)13-15-27-25-17-19(2)9-11-21(25)4/h5-11,14-17H,12-13H2,1-4H3. The Balaban J connectivity index is 1.64. The third-order valence-electron chi connectivity index (χ3n) is 4.66. The lowest BCUT2D eigenvalue weighted by Crippen LogP contribution is -1.97. The summed E-state index contributed by atoms with van der Waals surface area (Å²) in [6.45, 7) is 8.34. The second kappa shape index (κ2) is 9.23. The van der Waals surface area contributed by atoms with Gasteiger partial charge < -0.3 is 0 Å². The average Bonchev–Trinajstić information content (AvgIpc) is 2.68. The minimum Gasteiger partial charge on any atom is -0.261 e. The molecule has 0 unspecified atom stereocenters. The van der Waals surface area contributed by atoms with Crippen molar-refractivity contribution in [3.63, 3.8) is 0 Å². The summed E-state index contributed by atoms with van der Waals surface area (Å²) >= 11 is 0. The molecule has 0 radical (unpaired) electrons. The normalized spacial score (nSPS) is 11.6. The van der Waals surface area contributed by atoms with Gasteiger partial charge in [0.2, 0.25) is 0 Å². The Morgan fingerprint density at radius 1 is 0.679 bits per heavy atom. The minimum absolute atomic E-state index is 0.718. The second-order valence-electron chi connectivity index (χ2n) is 7.23. The Morgan fingerprint density at radius 3 is 1.61 bits per heavy atom. The Labute approximate surface area is 167 Å². The topological polar surface area (TPSA) is 37.6 Å². The molecule has 3 aromatic rings. The van der Waals surface area contributed by atoms with Crippen LogP contribution in [-0.2, 0) is 12.8 Å². The summed E-state index contributed by atoms with van der Waals surface area (Å²) in [6, 6.07) is 18.8. The molecule has 3 nitrogen and oxygen atoms in total. The van der Waals surface area contributed by atoms with E-state index in [-0.39, 0.29) is 0 Å². The maximum Gasteiger partial charge on any atom is 0.0657 e. The van der Waals surface area contributed by atoms with Gasteiger partial charge in [-0.2, -0.15) is 0 Å². The van der Waals surface area contributed by atoms with Gasteiger partial charge in [0.15, 0.2) is 0 Å². The van der Waals surface area contributed by atoms with Crippen LogP contribution in [0, 0.1) is 27.7 Å². The fourth-order valence-electron chi connectivity index (χ4n) is 2.95. The molecule has 0 saturated carbocycles. The summed E-state index contributed by atoms with van der Waals surface area (Å²) in [4.78, 5) is 14.0. The third kappa shape index (κ3) is 5.46. The molecule has 28 heavy (non-hydrogen) atoms. The highest BCUT2D eigenvalue weighted by molar-refractivity contribution is 5.68. The van der Waals surface area contributed by atoms with Gasteiger partial charge in [0.25, 0.3) is 0 Å². The highest BCUT2D eigenvalue weighted by Crippen LogP contribution is 2.20. The van der Waals surface area contributed by atoms with Crippen molar-refractivity contribution < 1.29 is 0 Å². The summed E-state index contributed by atoms with van der Waals surface area (Å²) in [5.41, 5.74) is 8.91. The van der Waals surface area contributed by atoms with Gasteiger partial charge in [-0.1, -0.05) is 30.3 Å². The number of hydrogen-bond donors (Lipinski definition) is 0. The van der Waals surface area contributed by atoms with Crippen LogP contribution in [0.15, 0.2) is 64.6 Å². The van der Waals surface area contributed by atoms with E-state index in [2.05, 4.69) is 80.1 Å². The molecule has 0 aliphatic heterocycles. The molecule has 1 heterocycles. The van der Waals surface area contributed by atoms with Crippen LogP contribution in [0.25, 0.3) is 0 Å². The van der Waals surface area contributed by atoms with Crippen LogP contribution in [0.5, 0.6) is 0 Å². The number of hydrogen-bond acceptors (Lipinski definition) is 3. The summed E-state index contributed by atoms with van der Waals surface area (Å²) in [7, 11) is 0. The van der Waals surface area contributed by atoms with Crippen LogP contribution >= 0.6 is 0 Å². The van der Waals surface area contributed by atoms with Crippen molar-refractivity contribution in [2.75, 3.05) is 0 Å². The molecule has 0 N–H and O–H groups in total. The first-order chi connectivity index (χ1) is 13.5. The van der Waals surface area contributed by atoms with Crippen LogP contribution in [0.1, 0.15) is 33.6 Å². The number of aromatic nitrogens is 1. The molecule has 0 bridgehead atoms. The summed E-state index contributed by atoms with van der Waals surface area (Å²) in [6.07, 6.45) is 5.32. The maximum absolute atomic E-state index is 4.73. The van der Waals surface area contributed by atoms with E-state index in [4.69, 9.17) is 4.98 Å². The molecule has 0 fully saturated rings. The number of nitrogens with zero attached hydrogens (tertiary/aromatic N) is 3. The molecule has 1 aromatic heterocycles. The molecule has 0 aliphatic carbocycles. The van der Waals surface area contributed by atoms with E-state index < -0.39 is 0 Å². The quantitative estimate of drug-likeness (QED) is 0.476. The van der Waals surface area contributed by atoms with E-state index in [0.717, 1.165) is 35.6 Å². The van der Waals surface area contributed by atoms with Crippen LogP contribution < -0.4 is 0 Å². The molecule has 0 atom stereocenters. The van der Waals surface area contributed by atoms with Crippen molar-refractivity contribution >= 4 is 23.8 Å². The van der Waals surface area contributed by atoms with E-state index in [1.54, 1.807) is 0 Å². The SMILES string of the molecule is Cc1ccc(C)c(N=CCc2cccc(CC=Nc3cc(C)ccc3C)n2)c1. The van der Waals surface area contributed by atoms with E-state index in [9.17, 15) is 0 Å². The van der Waals surface area contributed by atoms with Crippen molar-refractivity contribution in [1.29, 1.82) is 0 Å². The summed E-state index contributed by atoms with van der Waals surface area (Å²) in [5.74, 6) is 0. The first-order valence-corrected chi connectivity index (χ1v) is 9.65. The van der Waals surface area contributed by atoms with Gasteiger partial charge >= 0.3 is 0 Å². The van der Waals surface area contributed by atoms with E-state index in [0.29, 0.717) is 0 Å². The molecular weight excluding hydrogens is 342 g/mol. The van der Waals surface area contributed by atoms with Crippen molar-refractivity contribution in [1.82, 2.24) is 4.98 Å². The first-order valence-electron chi connectivity index (χ1n) is 9.65. The van der Waals surface area contributed by atoms with Gasteiger partial charge in [-0.15, -0.1) is 0 Å². The zero-order valence-electron chi connectivity index (χ0n) is 17.1. The largest absolute Gasteiger partial charge is 0.261 e. The fourth-order valence-corrected chi connectivity index (χ4v) is 2.95. The molecule has 0 aliphatic rings. The zero-order chi connectivity index (χ0) is 19.9. The first kappa shape index (κ1) is 19.7. The van der Waals surface area contributed by atoms with Crippen LogP contribution in [-0.4, -0.2) is 17.4 Å². The highest BCUT2D eigenvalue weighted by Gasteiger charge is 1.99. The predicted octanol–water partition coefficient (Wildman–Crippen LogP) is 6.21. The zero-order valence-corrected chi connectivity index (χ0v) is 17.1. The van der Waals surface area contributed by atoms with Gasteiger partial charge in [0.1, 0.15) is 0 Å². The third-order valence-corrected chi connectivity index (χ3v) is 4.66. The van der Waals surface area contributed by atoms with Crippen LogP contribution in [0.2, 0.25) is 0 Å². The fraction of sp³-hybridized carbons (Fsp3) is 0.240. The van der Waals surface area contributed by atoms with E-state index in [1.165, 1.54) is 22.3 Å². The van der Waals surface area contributed by atoms with Gasteiger partial charge in [0, 0.05) is 36.7 Å². The predicted molar refractivity (Wildman–Crippen MR) is 120 cm³/mol. The molecular formula is C25H27N3. The molecule has 3 rings (SSSR count). The number of rotatable bonds is 6. The molecule has 3 heteroatoms. The van der Waals surface area contributed by atoms with Crippen LogP contribution in [0.4, 0.5) is 11.4 Å².